The van der Waals surface area contributed by atoms with Crippen LogP contribution in [0.2, 0.25) is 5.02 Å². The van der Waals surface area contributed by atoms with Gasteiger partial charge < -0.3 is 24.6 Å². The van der Waals surface area contributed by atoms with E-state index in [1.165, 1.54) is 0 Å². The van der Waals surface area contributed by atoms with Crippen molar-refractivity contribution in [1.29, 1.82) is 5.26 Å². The summed E-state index contributed by atoms with van der Waals surface area (Å²) in [5.41, 5.74) is -0.704. The number of halogens is 2. The number of piperazine rings is 1. The van der Waals surface area contributed by atoms with Gasteiger partial charge in [0.2, 0.25) is 0 Å². The molecule has 8 nitrogen and oxygen atoms in total. The molecule has 0 saturated carbocycles. The third-order valence-corrected chi connectivity index (χ3v) is 6.16. The van der Waals surface area contributed by atoms with E-state index in [1.807, 2.05) is 17.9 Å². The number of ether oxygens (including phenoxy) is 1. The Bertz CT molecular complexity index is 1120. The lowest BCUT2D eigenvalue weighted by Crippen LogP contribution is -2.55. The zero-order valence-corrected chi connectivity index (χ0v) is 19.4. The Labute approximate surface area is 187 Å². The molecule has 1 fully saturated rings. The minimum absolute atomic E-state index is 0.0714. The fourth-order valence-electron chi connectivity index (χ4n) is 3.53. The van der Waals surface area contributed by atoms with Crippen LogP contribution in [0, 0.1) is 11.3 Å². The Morgan fingerprint density at radius 3 is 2.67 bits per heavy atom. The molecule has 1 atom stereocenters. The monoisotopic (exact) mass is 496 g/mol. The van der Waals surface area contributed by atoms with E-state index in [0.717, 1.165) is 0 Å². The Balaban J connectivity index is 2.06. The number of phenols is 1. The lowest BCUT2D eigenvalue weighted by molar-refractivity contribution is 0.0219. The van der Waals surface area contributed by atoms with E-state index in [-0.39, 0.29) is 32.4 Å². The molecule has 1 unspecified atom stereocenters. The number of anilines is 1. The van der Waals surface area contributed by atoms with Gasteiger partial charge in [-0.15, -0.1) is 0 Å². The van der Waals surface area contributed by atoms with Crippen LogP contribution in [-0.4, -0.2) is 52.4 Å². The Morgan fingerprint density at radius 1 is 1.43 bits per heavy atom. The fraction of sp³-hybridized carbons (Fsp3) is 0.450. The van der Waals surface area contributed by atoms with Gasteiger partial charge in [-0.1, -0.05) is 11.6 Å². The number of nitrogens with one attached hydrogen (secondary N) is 1. The summed E-state index contributed by atoms with van der Waals surface area (Å²) in [6.45, 7) is 8.40. The van der Waals surface area contributed by atoms with Gasteiger partial charge in [-0.2, -0.15) is 5.26 Å². The quantitative estimate of drug-likeness (QED) is 0.617. The number of hydrogen-bond donors (Lipinski definition) is 2. The second-order valence-corrected chi connectivity index (χ2v) is 9.40. The highest BCUT2D eigenvalue weighted by Crippen LogP contribution is 2.41. The van der Waals surface area contributed by atoms with Crippen LogP contribution in [0.4, 0.5) is 10.5 Å². The number of rotatable bonds is 1. The molecule has 0 aliphatic carbocycles. The van der Waals surface area contributed by atoms with E-state index in [4.69, 9.17) is 16.3 Å². The zero-order chi connectivity index (χ0) is 22.4. The number of amides is 1. The van der Waals surface area contributed by atoms with Crippen LogP contribution < -0.4 is 10.5 Å². The molecule has 0 bridgehead atoms. The van der Waals surface area contributed by atoms with Crippen molar-refractivity contribution in [3.05, 3.63) is 31.5 Å². The third kappa shape index (κ3) is 4.07. The van der Waals surface area contributed by atoms with Gasteiger partial charge in [0.1, 0.15) is 17.2 Å². The standard InChI is InChI=1S/C20H22BrClN4O4/c1-10-9-25(19(29)30-20(2,3)4)5-6-26(10)16-11-7-13(22)14(21)17(27)15(11)24-18(28)12(16)8-23/h7,10,27H,5-6,9H2,1-4H3,(H,24,28). The fourth-order valence-corrected chi connectivity index (χ4v) is 4.04. The minimum Gasteiger partial charge on any atom is -0.505 e. The molecule has 2 N–H and O–H groups in total. The van der Waals surface area contributed by atoms with Gasteiger partial charge in [0.25, 0.3) is 5.56 Å². The molecule has 2 aromatic rings. The van der Waals surface area contributed by atoms with E-state index in [2.05, 4.69) is 20.9 Å². The van der Waals surface area contributed by atoms with Gasteiger partial charge in [-0.05, 0) is 49.7 Å². The van der Waals surface area contributed by atoms with Crippen molar-refractivity contribution in [3.8, 4) is 11.8 Å². The molecule has 30 heavy (non-hydrogen) atoms. The summed E-state index contributed by atoms with van der Waals surface area (Å²) < 4.78 is 5.71. The molecule has 1 saturated heterocycles. The molecular formula is C20H22BrClN4O4. The van der Waals surface area contributed by atoms with Crippen molar-refractivity contribution in [1.82, 2.24) is 9.88 Å². The SMILES string of the molecule is CC1CN(C(=O)OC(C)(C)C)CCN1c1c(C#N)c(=O)[nH]c2c(O)c(Br)c(Cl)cc12. The predicted molar refractivity (Wildman–Crippen MR) is 118 cm³/mol. The number of pyridine rings is 1. The normalized spacial score (nSPS) is 17.2. The van der Waals surface area contributed by atoms with Crippen molar-refractivity contribution < 1.29 is 14.6 Å². The first-order chi connectivity index (χ1) is 13.9. The lowest BCUT2D eigenvalue weighted by atomic mass is 10.0. The van der Waals surface area contributed by atoms with Gasteiger partial charge >= 0.3 is 6.09 Å². The topological polar surface area (TPSA) is 110 Å². The first kappa shape index (κ1) is 22.2. The summed E-state index contributed by atoms with van der Waals surface area (Å²) in [5.74, 6) is -0.208. The molecule has 160 valence electrons. The highest BCUT2D eigenvalue weighted by atomic mass is 79.9. The number of aromatic nitrogens is 1. The molecule has 3 rings (SSSR count). The van der Waals surface area contributed by atoms with Crippen LogP contribution >= 0.6 is 27.5 Å². The minimum atomic E-state index is -0.605. The second-order valence-electron chi connectivity index (χ2n) is 8.20. The Hall–Kier alpha value is -2.44. The molecule has 2 heterocycles. The number of benzene rings is 1. The predicted octanol–water partition coefficient (Wildman–Crippen LogP) is 3.97. The molecule has 1 aromatic carbocycles. The van der Waals surface area contributed by atoms with Crippen molar-refractivity contribution >= 4 is 50.2 Å². The average molecular weight is 498 g/mol. The number of fused-ring (bicyclic) bond motifs is 1. The smallest absolute Gasteiger partial charge is 0.410 e. The number of nitriles is 1. The van der Waals surface area contributed by atoms with Gasteiger partial charge in [-0.3, -0.25) is 4.79 Å². The summed E-state index contributed by atoms with van der Waals surface area (Å²) in [7, 11) is 0. The number of aromatic hydroxyl groups is 1. The summed E-state index contributed by atoms with van der Waals surface area (Å²) >= 11 is 9.43. The highest BCUT2D eigenvalue weighted by Gasteiger charge is 2.33. The van der Waals surface area contributed by atoms with E-state index < -0.39 is 17.3 Å². The van der Waals surface area contributed by atoms with Crippen LogP contribution in [0.3, 0.4) is 0 Å². The number of carbonyl (C=O) groups is 1. The Kier molecular flexibility index (Phi) is 5.94. The molecular weight excluding hydrogens is 476 g/mol. The average Bonchev–Trinajstić information content (AvgIpc) is 2.65. The largest absolute Gasteiger partial charge is 0.505 e. The van der Waals surface area contributed by atoms with Crippen LogP contribution in [-0.2, 0) is 4.74 Å². The van der Waals surface area contributed by atoms with Crippen LogP contribution in [0.1, 0.15) is 33.3 Å². The first-order valence-electron chi connectivity index (χ1n) is 9.36. The zero-order valence-electron chi connectivity index (χ0n) is 17.0. The number of phenolic OH excluding ortho intramolecular Hbond substituents is 1. The number of nitrogens with zero attached hydrogens (tertiary/aromatic N) is 3. The highest BCUT2D eigenvalue weighted by molar-refractivity contribution is 9.10. The van der Waals surface area contributed by atoms with Crippen molar-refractivity contribution in [2.75, 3.05) is 24.5 Å². The molecule has 1 aromatic heterocycles. The van der Waals surface area contributed by atoms with E-state index in [0.29, 0.717) is 30.7 Å². The number of H-pyrrole nitrogens is 1. The van der Waals surface area contributed by atoms with Gasteiger partial charge in [0.15, 0.2) is 5.75 Å². The molecule has 0 radical (unpaired) electrons. The Morgan fingerprint density at radius 2 is 2.10 bits per heavy atom. The summed E-state index contributed by atoms with van der Waals surface area (Å²) in [6, 6.07) is 3.35. The molecule has 1 aliphatic rings. The van der Waals surface area contributed by atoms with Crippen molar-refractivity contribution in [2.45, 2.75) is 39.3 Å². The maximum Gasteiger partial charge on any atom is 0.410 e. The number of aromatic amines is 1. The van der Waals surface area contributed by atoms with Crippen LogP contribution in [0.25, 0.3) is 10.9 Å². The lowest BCUT2D eigenvalue weighted by Gasteiger charge is -2.42. The van der Waals surface area contributed by atoms with Gasteiger partial charge in [0.05, 0.1) is 20.7 Å². The summed E-state index contributed by atoms with van der Waals surface area (Å²) in [6.07, 6.45) is -0.408. The molecule has 0 spiro atoms. The third-order valence-electron chi connectivity index (χ3n) is 4.83. The van der Waals surface area contributed by atoms with Crippen molar-refractivity contribution in [3.63, 3.8) is 0 Å². The molecule has 10 heteroatoms. The van der Waals surface area contributed by atoms with E-state index >= 15 is 0 Å². The van der Waals surface area contributed by atoms with Gasteiger partial charge in [-0.25, -0.2) is 4.79 Å². The van der Waals surface area contributed by atoms with Crippen LogP contribution in [0.5, 0.6) is 5.75 Å². The maximum atomic E-state index is 12.6. The summed E-state index contributed by atoms with van der Waals surface area (Å²) in [4.78, 5) is 31.1. The van der Waals surface area contributed by atoms with Crippen LogP contribution in [0.15, 0.2) is 15.3 Å². The van der Waals surface area contributed by atoms with Gasteiger partial charge in [0, 0.05) is 31.1 Å². The van der Waals surface area contributed by atoms with Crippen molar-refractivity contribution in [2.24, 2.45) is 0 Å². The summed E-state index contributed by atoms with van der Waals surface area (Å²) in [5, 5.41) is 20.8. The van der Waals surface area contributed by atoms with E-state index in [1.54, 1.807) is 31.7 Å². The second kappa shape index (κ2) is 8.00. The number of carbonyl (C=O) groups excluding carboxylic acids is 1. The first-order valence-corrected chi connectivity index (χ1v) is 10.5. The molecule has 1 amide bonds. The maximum absolute atomic E-state index is 12.6. The number of hydrogen-bond acceptors (Lipinski definition) is 6. The molecule has 1 aliphatic heterocycles. The van der Waals surface area contributed by atoms with E-state index in [9.17, 15) is 20.0 Å².